The topological polar surface area (TPSA) is 113 Å². The first kappa shape index (κ1) is 24.4. The monoisotopic (exact) mass is 519 g/mol. The molecule has 11 heteroatoms. The highest BCUT2D eigenvalue weighted by Gasteiger charge is 2.33. The highest BCUT2D eigenvalue weighted by Crippen LogP contribution is 2.27. The highest BCUT2D eigenvalue weighted by molar-refractivity contribution is 7.92. The van der Waals surface area contributed by atoms with E-state index in [2.05, 4.69) is 10.0 Å². The normalized spacial score (nSPS) is 17.3. The van der Waals surface area contributed by atoms with Gasteiger partial charge in [0.05, 0.1) is 16.5 Å². The van der Waals surface area contributed by atoms with E-state index in [0.29, 0.717) is 30.8 Å². The van der Waals surface area contributed by atoms with Crippen LogP contribution in [0.2, 0.25) is 0 Å². The minimum atomic E-state index is -3.78. The molecule has 2 N–H and O–H groups in total. The molecule has 3 aromatic rings. The molecular weight excluding hydrogens is 494 g/mol. The third kappa shape index (κ3) is 5.33. The van der Waals surface area contributed by atoms with E-state index in [1.54, 1.807) is 29.6 Å². The molecule has 0 radical (unpaired) electrons. The molecule has 2 heterocycles. The van der Waals surface area contributed by atoms with Crippen LogP contribution in [-0.2, 0) is 24.8 Å². The lowest BCUT2D eigenvalue weighted by Crippen LogP contribution is -2.43. The van der Waals surface area contributed by atoms with Crippen molar-refractivity contribution in [1.82, 2.24) is 4.31 Å². The van der Waals surface area contributed by atoms with Gasteiger partial charge in [0.25, 0.3) is 20.0 Å². The number of para-hydroxylation sites is 1. The van der Waals surface area contributed by atoms with E-state index in [1.165, 1.54) is 28.6 Å². The Morgan fingerprint density at radius 3 is 2.41 bits per heavy atom. The second-order valence-corrected chi connectivity index (χ2v) is 12.9. The first-order chi connectivity index (χ1) is 16.2. The van der Waals surface area contributed by atoms with Gasteiger partial charge in [0.1, 0.15) is 4.21 Å². The number of carbonyl (C=O) groups is 1. The van der Waals surface area contributed by atoms with Gasteiger partial charge in [-0.05, 0) is 67.1 Å². The molecule has 0 saturated carbocycles. The Kier molecular flexibility index (Phi) is 7.08. The van der Waals surface area contributed by atoms with Gasteiger partial charge in [-0.1, -0.05) is 24.3 Å². The lowest BCUT2D eigenvalue weighted by Gasteiger charge is -2.30. The summed E-state index contributed by atoms with van der Waals surface area (Å²) in [5, 5.41) is 4.49. The van der Waals surface area contributed by atoms with Gasteiger partial charge >= 0.3 is 0 Å². The Morgan fingerprint density at radius 2 is 1.74 bits per heavy atom. The zero-order valence-electron chi connectivity index (χ0n) is 18.5. The van der Waals surface area contributed by atoms with Gasteiger partial charge in [-0.3, -0.25) is 9.52 Å². The van der Waals surface area contributed by atoms with Crippen molar-refractivity contribution in [3.8, 4) is 0 Å². The summed E-state index contributed by atoms with van der Waals surface area (Å²) in [4.78, 5) is 12.9. The van der Waals surface area contributed by atoms with Crippen molar-refractivity contribution < 1.29 is 21.6 Å². The summed E-state index contributed by atoms with van der Waals surface area (Å²) in [6.07, 6.45) is 1.17. The fourth-order valence-electron chi connectivity index (χ4n) is 3.77. The van der Waals surface area contributed by atoms with Crippen LogP contribution in [0.4, 0.5) is 11.4 Å². The van der Waals surface area contributed by atoms with Gasteiger partial charge in [-0.15, -0.1) is 11.3 Å². The number of hydrogen-bond acceptors (Lipinski definition) is 6. The van der Waals surface area contributed by atoms with Crippen LogP contribution in [0.5, 0.6) is 0 Å². The lowest BCUT2D eigenvalue weighted by molar-refractivity contribution is -0.120. The minimum Gasteiger partial charge on any atom is -0.326 e. The minimum absolute atomic E-state index is 0.0691. The summed E-state index contributed by atoms with van der Waals surface area (Å²) >= 11 is 1.16. The molecule has 0 spiro atoms. The van der Waals surface area contributed by atoms with Crippen LogP contribution in [-0.4, -0.2) is 40.1 Å². The molecule has 0 aliphatic carbocycles. The highest BCUT2D eigenvalue weighted by atomic mass is 32.2. The maximum atomic E-state index is 12.8. The van der Waals surface area contributed by atoms with Crippen LogP contribution in [0.25, 0.3) is 0 Å². The molecule has 180 valence electrons. The second kappa shape index (κ2) is 9.87. The number of amides is 1. The van der Waals surface area contributed by atoms with Crippen LogP contribution in [0.15, 0.2) is 75.1 Å². The molecule has 4 rings (SSSR count). The fraction of sp³-hybridized carbons (Fsp3) is 0.261. The van der Waals surface area contributed by atoms with Crippen molar-refractivity contribution in [2.75, 3.05) is 23.1 Å². The van der Waals surface area contributed by atoms with Crippen molar-refractivity contribution in [3.05, 3.63) is 71.6 Å². The predicted octanol–water partition coefficient (Wildman–Crippen LogP) is 3.90. The van der Waals surface area contributed by atoms with Gasteiger partial charge in [-0.2, -0.15) is 4.31 Å². The fourth-order valence-corrected chi connectivity index (χ4v) is 7.56. The first-order valence-electron chi connectivity index (χ1n) is 10.7. The van der Waals surface area contributed by atoms with E-state index in [1.807, 2.05) is 19.1 Å². The SMILES string of the molecule is Cc1ccccc1NS(=O)(=O)c1ccc(NC(=O)[C@H]2CCCN(S(=O)(=O)c3cccs3)C2)cc1. The third-order valence-corrected chi connectivity index (χ3v) is 10.3. The van der Waals surface area contributed by atoms with Crippen LogP contribution < -0.4 is 10.0 Å². The molecule has 1 amide bonds. The molecule has 1 saturated heterocycles. The summed E-state index contributed by atoms with van der Waals surface area (Å²) in [5.41, 5.74) is 1.75. The molecule has 1 fully saturated rings. The van der Waals surface area contributed by atoms with Crippen LogP contribution >= 0.6 is 11.3 Å². The smallest absolute Gasteiger partial charge is 0.261 e. The number of nitrogens with zero attached hydrogens (tertiary/aromatic N) is 1. The summed E-state index contributed by atoms with van der Waals surface area (Å²) in [6.45, 7) is 2.30. The number of benzene rings is 2. The molecule has 1 aliphatic rings. The number of thiophene rings is 1. The Hall–Kier alpha value is -2.73. The zero-order chi connectivity index (χ0) is 24.3. The standard InChI is InChI=1S/C23H25N3O5S3/c1-17-6-2-3-8-21(17)25-33(28,29)20-12-10-19(11-13-20)24-23(27)18-7-4-14-26(16-18)34(30,31)22-9-5-15-32-22/h2-3,5-6,8-13,15,18,25H,4,7,14,16H2,1H3,(H,24,27)/t18-/m0/s1. The van der Waals surface area contributed by atoms with E-state index in [-0.39, 0.29) is 21.6 Å². The molecular formula is C23H25N3O5S3. The van der Waals surface area contributed by atoms with E-state index < -0.39 is 26.0 Å². The quantitative estimate of drug-likeness (QED) is 0.492. The van der Waals surface area contributed by atoms with Gasteiger partial charge in [0, 0.05) is 18.8 Å². The molecule has 1 aliphatic heterocycles. The van der Waals surface area contributed by atoms with E-state index >= 15 is 0 Å². The number of aryl methyl sites for hydroxylation is 1. The molecule has 0 unspecified atom stereocenters. The molecule has 0 bridgehead atoms. The maximum Gasteiger partial charge on any atom is 0.261 e. The number of carbonyl (C=O) groups excluding carboxylic acids is 1. The second-order valence-electron chi connectivity index (χ2n) is 8.07. The summed E-state index contributed by atoms with van der Waals surface area (Å²) in [5.74, 6) is -0.783. The Labute approximate surface area is 203 Å². The average molecular weight is 520 g/mol. The van der Waals surface area contributed by atoms with E-state index in [4.69, 9.17) is 0 Å². The third-order valence-electron chi connectivity index (χ3n) is 5.67. The van der Waals surface area contributed by atoms with Crippen molar-refractivity contribution in [1.29, 1.82) is 0 Å². The van der Waals surface area contributed by atoms with Crippen LogP contribution in [0.3, 0.4) is 0 Å². The summed E-state index contributed by atoms with van der Waals surface area (Å²) in [6, 6.07) is 16.2. The van der Waals surface area contributed by atoms with Crippen molar-refractivity contribution in [3.63, 3.8) is 0 Å². The molecule has 2 aromatic carbocycles. The van der Waals surface area contributed by atoms with Gasteiger partial charge < -0.3 is 5.32 Å². The Bertz CT molecular complexity index is 1370. The summed E-state index contributed by atoms with van der Waals surface area (Å²) < 4.78 is 55.2. The largest absolute Gasteiger partial charge is 0.326 e. The average Bonchev–Trinajstić information content (AvgIpc) is 3.37. The van der Waals surface area contributed by atoms with Crippen LogP contribution in [0.1, 0.15) is 18.4 Å². The molecule has 1 aromatic heterocycles. The molecule has 1 atom stereocenters. The lowest BCUT2D eigenvalue weighted by atomic mass is 9.99. The first-order valence-corrected chi connectivity index (χ1v) is 14.5. The van der Waals surface area contributed by atoms with Crippen molar-refractivity contribution in [2.24, 2.45) is 5.92 Å². The Morgan fingerprint density at radius 1 is 1.00 bits per heavy atom. The maximum absolute atomic E-state index is 12.8. The van der Waals surface area contributed by atoms with Crippen LogP contribution in [0, 0.1) is 12.8 Å². The van der Waals surface area contributed by atoms with E-state index in [0.717, 1.165) is 16.9 Å². The zero-order valence-corrected chi connectivity index (χ0v) is 20.9. The number of rotatable bonds is 7. The number of sulfonamides is 2. The number of piperidine rings is 1. The molecule has 34 heavy (non-hydrogen) atoms. The number of nitrogens with one attached hydrogen (secondary N) is 2. The number of hydrogen-bond donors (Lipinski definition) is 2. The van der Waals surface area contributed by atoms with Gasteiger partial charge in [0.15, 0.2) is 0 Å². The summed E-state index contributed by atoms with van der Waals surface area (Å²) in [7, 11) is -7.39. The Balaban J connectivity index is 1.41. The van der Waals surface area contributed by atoms with Gasteiger partial charge in [0.2, 0.25) is 5.91 Å². The molecule has 8 nitrogen and oxygen atoms in total. The predicted molar refractivity (Wildman–Crippen MR) is 133 cm³/mol. The van der Waals surface area contributed by atoms with Crippen molar-refractivity contribution >= 4 is 48.7 Å². The number of anilines is 2. The van der Waals surface area contributed by atoms with E-state index in [9.17, 15) is 21.6 Å². The van der Waals surface area contributed by atoms with Crippen molar-refractivity contribution in [2.45, 2.75) is 28.9 Å². The van der Waals surface area contributed by atoms with Gasteiger partial charge in [-0.25, -0.2) is 16.8 Å².